The minimum absolute atomic E-state index is 0.0703. The van der Waals surface area contributed by atoms with E-state index in [1.165, 1.54) is 16.7 Å². The Balaban J connectivity index is 1.26. The van der Waals surface area contributed by atoms with E-state index in [9.17, 15) is 28.7 Å². The van der Waals surface area contributed by atoms with Crippen LogP contribution >= 0.6 is 0 Å². The van der Waals surface area contributed by atoms with Crippen LogP contribution < -0.4 is 16.4 Å². The Labute approximate surface area is 230 Å². The molecule has 41 heavy (non-hydrogen) atoms. The van der Waals surface area contributed by atoms with Crippen LogP contribution in [0.2, 0.25) is 0 Å². The summed E-state index contributed by atoms with van der Waals surface area (Å²) in [4.78, 5) is 53.8. The average Bonchev–Trinajstić information content (AvgIpc) is 3.62. The lowest BCUT2D eigenvalue weighted by atomic mass is 9.98. The van der Waals surface area contributed by atoms with Gasteiger partial charge in [-0.25, -0.2) is 23.5 Å². The van der Waals surface area contributed by atoms with Crippen molar-refractivity contribution in [3.05, 3.63) is 98.2 Å². The van der Waals surface area contributed by atoms with Crippen molar-refractivity contribution >= 4 is 34.5 Å². The Morgan fingerprint density at radius 3 is 2.76 bits per heavy atom. The molecular formula is C28H23FN6O6. The minimum atomic E-state index is -1.02. The van der Waals surface area contributed by atoms with Crippen molar-refractivity contribution in [2.24, 2.45) is 7.05 Å². The molecule has 1 aliphatic carbocycles. The van der Waals surface area contributed by atoms with E-state index in [1.54, 1.807) is 38.2 Å². The third-order valence-corrected chi connectivity index (χ3v) is 7.43. The fraction of sp³-hybridized carbons (Fsp3) is 0.214. The molecule has 6 rings (SSSR count). The van der Waals surface area contributed by atoms with Gasteiger partial charge in [-0.3, -0.25) is 14.2 Å². The Morgan fingerprint density at radius 2 is 1.98 bits per heavy atom. The topological polar surface area (TPSA) is 161 Å². The number of carboxylic acids is 1. The van der Waals surface area contributed by atoms with Crippen molar-refractivity contribution in [2.45, 2.75) is 32.4 Å². The molecule has 0 bridgehead atoms. The van der Waals surface area contributed by atoms with Crippen molar-refractivity contribution in [3.8, 4) is 0 Å². The fourth-order valence-corrected chi connectivity index (χ4v) is 5.26. The first-order valence-corrected chi connectivity index (χ1v) is 12.7. The molecule has 12 nitrogen and oxygen atoms in total. The molecule has 3 N–H and O–H groups in total. The van der Waals surface area contributed by atoms with E-state index in [0.717, 1.165) is 21.8 Å². The zero-order chi connectivity index (χ0) is 29.0. The van der Waals surface area contributed by atoms with E-state index in [1.807, 2.05) is 0 Å². The quantitative estimate of drug-likeness (QED) is 0.287. The SMILES string of the molecule is Cc1c(C(=O)O)ccc2c1CC[C@@H]2NC(=O)c1cc(C(=O)NCc2ccc3oc(=O)n(C)c3c2)nc2c(F)cnn12. The van der Waals surface area contributed by atoms with Crippen LogP contribution in [0.15, 0.2) is 51.8 Å². The number of aromatic carboxylic acids is 1. The number of aryl methyl sites for hydroxylation is 1. The highest BCUT2D eigenvalue weighted by Crippen LogP contribution is 2.35. The second kappa shape index (κ2) is 9.70. The first-order valence-electron chi connectivity index (χ1n) is 12.7. The van der Waals surface area contributed by atoms with Crippen molar-refractivity contribution in [3.63, 3.8) is 0 Å². The summed E-state index contributed by atoms with van der Waals surface area (Å²) in [6, 6.07) is 9.05. The van der Waals surface area contributed by atoms with Gasteiger partial charge in [0.25, 0.3) is 11.8 Å². The number of carbonyl (C=O) groups is 3. The minimum Gasteiger partial charge on any atom is -0.478 e. The van der Waals surface area contributed by atoms with E-state index in [-0.39, 0.29) is 29.1 Å². The Morgan fingerprint density at radius 1 is 1.17 bits per heavy atom. The van der Waals surface area contributed by atoms with Crippen LogP contribution in [0, 0.1) is 12.7 Å². The third-order valence-electron chi connectivity index (χ3n) is 7.43. The highest BCUT2D eigenvalue weighted by atomic mass is 19.1. The molecule has 5 aromatic rings. The normalized spacial score (nSPS) is 14.4. The van der Waals surface area contributed by atoms with Crippen LogP contribution in [-0.4, -0.2) is 42.1 Å². The van der Waals surface area contributed by atoms with Gasteiger partial charge in [-0.15, -0.1) is 0 Å². The van der Waals surface area contributed by atoms with Crippen LogP contribution in [0.1, 0.15) is 66.1 Å². The largest absolute Gasteiger partial charge is 0.478 e. The van der Waals surface area contributed by atoms with Gasteiger partial charge in [0.05, 0.1) is 23.3 Å². The lowest BCUT2D eigenvalue weighted by Gasteiger charge is -2.16. The second-order valence-corrected chi connectivity index (χ2v) is 9.84. The Hall–Kier alpha value is -5.33. The summed E-state index contributed by atoms with van der Waals surface area (Å²) in [7, 11) is 1.57. The summed E-state index contributed by atoms with van der Waals surface area (Å²) >= 11 is 0. The summed E-state index contributed by atoms with van der Waals surface area (Å²) in [6.45, 7) is 1.81. The molecule has 0 unspecified atom stereocenters. The lowest BCUT2D eigenvalue weighted by molar-refractivity contribution is 0.0695. The number of halogens is 1. The molecular weight excluding hydrogens is 535 g/mol. The molecule has 1 aliphatic rings. The van der Waals surface area contributed by atoms with Gasteiger partial charge in [0.15, 0.2) is 17.0 Å². The van der Waals surface area contributed by atoms with Crippen molar-refractivity contribution in [1.29, 1.82) is 0 Å². The van der Waals surface area contributed by atoms with E-state index < -0.39 is 35.4 Å². The highest BCUT2D eigenvalue weighted by Gasteiger charge is 2.29. The standard InChI is InChI=1S/C28H23FN6O6/c1-13-15-6-7-19(17(15)5-4-16(13)27(38)39)33-26(37)22-10-20(32-24-18(29)12-31-35(22)24)25(36)30-11-14-3-8-23-21(9-14)34(2)28(40)41-23/h3-5,8-10,12,19H,6-7,11H2,1-2H3,(H,30,36)(H,33,37)(H,38,39)/t19-/m0/s1. The first-order chi connectivity index (χ1) is 19.6. The number of hydrogen-bond acceptors (Lipinski definition) is 7. The number of benzene rings is 2. The molecule has 0 radical (unpaired) electrons. The number of carboxylic acid groups (broad SMARTS) is 1. The number of amides is 2. The zero-order valence-electron chi connectivity index (χ0n) is 21.9. The monoisotopic (exact) mass is 558 g/mol. The number of hydrogen-bond donors (Lipinski definition) is 3. The number of nitrogens with one attached hydrogen (secondary N) is 2. The lowest BCUT2D eigenvalue weighted by Crippen LogP contribution is -2.30. The van der Waals surface area contributed by atoms with Crippen LogP contribution in [0.3, 0.4) is 0 Å². The van der Waals surface area contributed by atoms with Crippen molar-refractivity contribution in [2.75, 3.05) is 0 Å². The van der Waals surface area contributed by atoms with Crippen molar-refractivity contribution in [1.82, 2.24) is 29.8 Å². The van der Waals surface area contributed by atoms with Gasteiger partial charge >= 0.3 is 11.7 Å². The number of carbonyl (C=O) groups excluding carboxylic acids is 2. The smallest absolute Gasteiger partial charge is 0.419 e. The maximum atomic E-state index is 14.5. The summed E-state index contributed by atoms with van der Waals surface area (Å²) < 4.78 is 22.0. The molecule has 1 atom stereocenters. The maximum Gasteiger partial charge on any atom is 0.419 e. The Bertz CT molecular complexity index is 1970. The van der Waals surface area contributed by atoms with Crippen LogP contribution in [-0.2, 0) is 20.0 Å². The highest BCUT2D eigenvalue weighted by molar-refractivity contribution is 5.98. The molecule has 2 amide bonds. The van der Waals surface area contributed by atoms with Gasteiger partial charge in [-0.05, 0) is 60.2 Å². The van der Waals surface area contributed by atoms with Gasteiger partial charge < -0.3 is 20.2 Å². The number of nitrogens with zero attached hydrogens (tertiary/aromatic N) is 4. The fourth-order valence-electron chi connectivity index (χ4n) is 5.26. The molecule has 3 aromatic heterocycles. The Kier molecular flexibility index (Phi) is 6.13. The van der Waals surface area contributed by atoms with Gasteiger partial charge in [0.1, 0.15) is 11.4 Å². The average molecular weight is 559 g/mol. The van der Waals surface area contributed by atoms with Crippen LogP contribution in [0.4, 0.5) is 4.39 Å². The molecule has 0 fully saturated rings. The summed E-state index contributed by atoms with van der Waals surface area (Å²) in [5, 5.41) is 19.0. The molecule has 13 heteroatoms. The number of rotatable bonds is 6. The van der Waals surface area contributed by atoms with E-state index in [4.69, 9.17) is 4.42 Å². The predicted molar refractivity (Wildman–Crippen MR) is 142 cm³/mol. The molecule has 2 aromatic carbocycles. The van der Waals surface area contributed by atoms with E-state index in [0.29, 0.717) is 35.1 Å². The molecule has 0 saturated heterocycles. The molecule has 0 saturated carbocycles. The van der Waals surface area contributed by atoms with Gasteiger partial charge in [0, 0.05) is 19.7 Å². The molecule has 0 aliphatic heterocycles. The zero-order valence-corrected chi connectivity index (χ0v) is 21.9. The maximum absolute atomic E-state index is 14.5. The number of oxazole rings is 1. The van der Waals surface area contributed by atoms with Gasteiger partial charge in [-0.1, -0.05) is 12.1 Å². The summed E-state index contributed by atoms with van der Waals surface area (Å²) in [5.41, 5.74) is 3.63. The number of fused-ring (bicyclic) bond motifs is 3. The van der Waals surface area contributed by atoms with E-state index >= 15 is 0 Å². The molecule has 0 spiro atoms. The van der Waals surface area contributed by atoms with Crippen LogP contribution in [0.5, 0.6) is 0 Å². The first kappa shape index (κ1) is 25.9. The summed E-state index contributed by atoms with van der Waals surface area (Å²) in [5.74, 6) is -3.57. The van der Waals surface area contributed by atoms with Crippen LogP contribution in [0.25, 0.3) is 16.7 Å². The summed E-state index contributed by atoms with van der Waals surface area (Å²) in [6.07, 6.45) is 2.04. The van der Waals surface area contributed by atoms with E-state index in [2.05, 4.69) is 20.7 Å². The predicted octanol–water partition coefficient (Wildman–Crippen LogP) is 2.67. The molecule has 3 heterocycles. The molecule has 208 valence electrons. The number of aromatic nitrogens is 4. The third kappa shape index (κ3) is 4.40. The van der Waals surface area contributed by atoms with Gasteiger partial charge in [-0.2, -0.15) is 5.10 Å². The van der Waals surface area contributed by atoms with Crippen molar-refractivity contribution < 1.29 is 28.3 Å². The second-order valence-electron chi connectivity index (χ2n) is 9.84. The van der Waals surface area contributed by atoms with Gasteiger partial charge in [0.2, 0.25) is 0 Å².